The zero-order chi connectivity index (χ0) is 13.3. The average Bonchev–Trinajstić information content (AvgIpc) is 3.08. The lowest BCUT2D eigenvalue weighted by molar-refractivity contribution is 0.160. The predicted molar refractivity (Wildman–Crippen MR) is 72.4 cm³/mol. The SMILES string of the molecule is CC(CO)(NC1CCCC1)c1ccc2c(c1)OCO2. The van der Waals surface area contributed by atoms with Crippen molar-refractivity contribution in [2.45, 2.75) is 44.2 Å². The van der Waals surface area contributed by atoms with Crippen molar-refractivity contribution in [3.8, 4) is 11.5 Å². The van der Waals surface area contributed by atoms with Crippen LogP contribution in [0.3, 0.4) is 0 Å². The molecule has 104 valence electrons. The Morgan fingerprint density at radius 3 is 2.74 bits per heavy atom. The molecule has 0 saturated heterocycles. The van der Waals surface area contributed by atoms with Gasteiger partial charge in [0.05, 0.1) is 12.1 Å². The normalized spacial score (nSPS) is 21.6. The Morgan fingerprint density at radius 1 is 1.26 bits per heavy atom. The number of ether oxygens (including phenoxy) is 2. The van der Waals surface area contributed by atoms with E-state index in [0.29, 0.717) is 6.04 Å². The molecule has 0 radical (unpaired) electrons. The molecule has 4 heteroatoms. The lowest BCUT2D eigenvalue weighted by atomic mass is 9.91. The van der Waals surface area contributed by atoms with E-state index in [9.17, 15) is 5.11 Å². The number of rotatable bonds is 4. The van der Waals surface area contributed by atoms with Gasteiger partial charge in [-0.1, -0.05) is 18.9 Å². The Kier molecular flexibility index (Phi) is 3.37. The highest BCUT2D eigenvalue weighted by atomic mass is 16.7. The summed E-state index contributed by atoms with van der Waals surface area (Å²) >= 11 is 0. The first kappa shape index (κ1) is 12.8. The van der Waals surface area contributed by atoms with Gasteiger partial charge in [-0.2, -0.15) is 0 Å². The van der Waals surface area contributed by atoms with E-state index in [0.717, 1.165) is 17.1 Å². The second kappa shape index (κ2) is 5.02. The summed E-state index contributed by atoms with van der Waals surface area (Å²) in [6.07, 6.45) is 4.95. The molecule has 0 bridgehead atoms. The summed E-state index contributed by atoms with van der Waals surface area (Å²) in [6, 6.07) is 6.40. The zero-order valence-electron chi connectivity index (χ0n) is 11.3. The van der Waals surface area contributed by atoms with Crippen LogP contribution in [-0.2, 0) is 5.54 Å². The molecule has 2 N–H and O–H groups in total. The van der Waals surface area contributed by atoms with Gasteiger partial charge >= 0.3 is 0 Å². The smallest absolute Gasteiger partial charge is 0.231 e. The summed E-state index contributed by atoms with van der Waals surface area (Å²) < 4.78 is 10.7. The van der Waals surface area contributed by atoms with Gasteiger partial charge in [-0.05, 0) is 37.5 Å². The molecule has 19 heavy (non-hydrogen) atoms. The molecule has 1 saturated carbocycles. The molecule has 3 rings (SSSR count). The summed E-state index contributed by atoms with van der Waals surface area (Å²) in [5.41, 5.74) is 0.627. The van der Waals surface area contributed by atoms with Crippen LogP contribution in [0.25, 0.3) is 0 Å². The molecular weight excluding hydrogens is 242 g/mol. The first-order valence-electron chi connectivity index (χ1n) is 7.00. The van der Waals surface area contributed by atoms with Crippen molar-refractivity contribution in [3.63, 3.8) is 0 Å². The Labute approximate surface area is 113 Å². The van der Waals surface area contributed by atoms with Crippen LogP contribution >= 0.6 is 0 Å². The highest BCUT2D eigenvalue weighted by Gasteiger charge is 2.31. The molecule has 1 atom stereocenters. The Morgan fingerprint density at radius 2 is 2.00 bits per heavy atom. The van der Waals surface area contributed by atoms with Gasteiger partial charge < -0.3 is 19.9 Å². The van der Waals surface area contributed by atoms with Crippen LogP contribution in [0.4, 0.5) is 0 Å². The fourth-order valence-corrected chi connectivity index (χ4v) is 2.98. The van der Waals surface area contributed by atoms with Gasteiger partial charge in [0.25, 0.3) is 0 Å². The molecule has 1 aliphatic heterocycles. The number of benzene rings is 1. The molecule has 1 aliphatic carbocycles. The van der Waals surface area contributed by atoms with E-state index in [-0.39, 0.29) is 13.4 Å². The second-order valence-corrected chi connectivity index (χ2v) is 5.68. The van der Waals surface area contributed by atoms with Crippen LogP contribution in [0.5, 0.6) is 11.5 Å². The third-order valence-corrected chi connectivity index (χ3v) is 4.20. The molecule has 1 unspecified atom stereocenters. The van der Waals surface area contributed by atoms with Crippen LogP contribution in [0, 0.1) is 0 Å². The summed E-state index contributed by atoms with van der Waals surface area (Å²) in [6.45, 7) is 2.40. The van der Waals surface area contributed by atoms with Crippen molar-refractivity contribution in [3.05, 3.63) is 23.8 Å². The van der Waals surface area contributed by atoms with Gasteiger partial charge in [-0.15, -0.1) is 0 Å². The lowest BCUT2D eigenvalue weighted by Gasteiger charge is -2.33. The van der Waals surface area contributed by atoms with Crippen LogP contribution in [-0.4, -0.2) is 24.5 Å². The van der Waals surface area contributed by atoms with E-state index in [1.165, 1.54) is 25.7 Å². The number of hydrogen-bond acceptors (Lipinski definition) is 4. The van der Waals surface area contributed by atoms with Gasteiger partial charge in [-0.3, -0.25) is 0 Å². The van der Waals surface area contributed by atoms with Gasteiger partial charge in [0.2, 0.25) is 6.79 Å². The number of nitrogens with one attached hydrogen (secondary N) is 1. The molecule has 2 aliphatic rings. The zero-order valence-corrected chi connectivity index (χ0v) is 11.3. The standard InChI is InChI=1S/C15H21NO3/c1-15(9-17,16-12-4-2-3-5-12)11-6-7-13-14(8-11)19-10-18-13/h6-8,12,16-17H,2-5,9-10H2,1H3. The number of hydrogen-bond donors (Lipinski definition) is 2. The fraction of sp³-hybridized carbons (Fsp3) is 0.600. The van der Waals surface area contributed by atoms with E-state index >= 15 is 0 Å². The van der Waals surface area contributed by atoms with Crippen molar-refractivity contribution >= 4 is 0 Å². The van der Waals surface area contributed by atoms with Crippen molar-refractivity contribution in [1.29, 1.82) is 0 Å². The van der Waals surface area contributed by atoms with Gasteiger partial charge in [0.15, 0.2) is 11.5 Å². The second-order valence-electron chi connectivity index (χ2n) is 5.68. The van der Waals surface area contributed by atoms with Gasteiger partial charge in [0, 0.05) is 6.04 Å². The lowest BCUT2D eigenvalue weighted by Crippen LogP contribution is -2.47. The first-order valence-corrected chi connectivity index (χ1v) is 7.00. The molecule has 0 amide bonds. The highest BCUT2D eigenvalue weighted by molar-refractivity contribution is 5.46. The maximum atomic E-state index is 9.81. The molecule has 0 spiro atoms. The fourth-order valence-electron chi connectivity index (χ4n) is 2.98. The Bertz CT molecular complexity index is 457. The van der Waals surface area contributed by atoms with Crippen LogP contribution < -0.4 is 14.8 Å². The average molecular weight is 263 g/mol. The quantitative estimate of drug-likeness (QED) is 0.874. The minimum atomic E-state index is -0.421. The summed E-state index contributed by atoms with van der Waals surface area (Å²) in [7, 11) is 0. The van der Waals surface area contributed by atoms with Crippen LogP contribution in [0.15, 0.2) is 18.2 Å². The highest BCUT2D eigenvalue weighted by Crippen LogP contribution is 2.36. The molecular formula is C15H21NO3. The summed E-state index contributed by atoms with van der Waals surface area (Å²) in [5.74, 6) is 1.55. The minimum Gasteiger partial charge on any atom is -0.454 e. The largest absolute Gasteiger partial charge is 0.454 e. The maximum Gasteiger partial charge on any atom is 0.231 e. The van der Waals surface area contributed by atoms with Gasteiger partial charge in [-0.25, -0.2) is 0 Å². The number of aliphatic hydroxyl groups is 1. The van der Waals surface area contributed by atoms with Crippen LogP contribution in [0.1, 0.15) is 38.2 Å². The van der Waals surface area contributed by atoms with Crippen molar-refractivity contribution in [1.82, 2.24) is 5.32 Å². The third-order valence-electron chi connectivity index (χ3n) is 4.20. The van der Waals surface area contributed by atoms with E-state index in [4.69, 9.17) is 9.47 Å². The summed E-state index contributed by atoms with van der Waals surface area (Å²) in [4.78, 5) is 0. The Balaban J connectivity index is 1.83. The third kappa shape index (κ3) is 2.42. The minimum absolute atomic E-state index is 0.0726. The monoisotopic (exact) mass is 263 g/mol. The predicted octanol–water partition coefficient (Wildman–Crippen LogP) is 2.15. The van der Waals surface area contributed by atoms with Gasteiger partial charge in [0.1, 0.15) is 0 Å². The van der Waals surface area contributed by atoms with E-state index in [1.807, 2.05) is 25.1 Å². The molecule has 1 aromatic carbocycles. The molecule has 1 heterocycles. The Hall–Kier alpha value is -1.26. The molecule has 1 fully saturated rings. The molecule has 4 nitrogen and oxygen atoms in total. The van der Waals surface area contributed by atoms with E-state index in [2.05, 4.69) is 5.32 Å². The first-order chi connectivity index (χ1) is 9.21. The molecule has 1 aromatic rings. The van der Waals surface area contributed by atoms with Crippen molar-refractivity contribution in [2.75, 3.05) is 13.4 Å². The number of aliphatic hydroxyl groups excluding tert-OH is 1. The maximum absolute atomic E-state index is 9.81. The summed E-state index contributed by atoms with van der Waals surface area (Å²) in [5, 5.41) is 13.4. The molecule has 0 aromatic heterocycles. The van der Waals surface area contributed by atoms with Crippen molar-refractivity contribution < 1.29 is 14.6 Å². The van der Waals surface area contributed by atoms with Crippen LogP contribution in [0.2, 0.25) is 0 Å². The topological polar surface area (TPSA) is 50.7 Å². The van der Waals surface area contributed by atoms with E-state index < -0.39 is 5.54 Å². The van der Waals surface area contributed by atoms with E-state index in [1.54, 1.807) is 0 Å². The van der Waals surface area contributed by atoms with Crippen molar-refractivity contribution in [2.24, 2.45) is 0 Å². The number of fused-ring (bicyclic) bond motifs is 1.